The van der Waals surface area contributed by atoms with Crippen molar-refractivity contribution >= 4 is 11.9 Å². The molecule has 0 saturated carbocycles. The van der Waals surface area contributed by atoms with Crippen LogP contribution in [0.3, 0.4) is 0 Å². The van der Waals surface area contributed by atoms with E-state index in [0.717, 1.165) is 0 Å². The van der Waals surface area contributed by atoms with Crippen molar-refractivity contribution in [2.24, 2.45) is 11.3 Å². The number of aliphatic hydroxyl groups is 1. The average molecular weight is 242 g/mol. The lowest BCUT2D eigenvalue weighted by atomic mass is 9.95. The van der Waals surface area contributed by atoms with Crippen LogP contribution in [0.15, 0.2) is 0 Å². The van der Waals surface area contributed by atoms with Crippen LogP contribution < -0.4 is 21.3 Å². The Morgan fingerprint density at radius 1 is 1.29 bits per heavy atom. The summed E-state index contributed by atoms with van der Waals surface area (Å²) in [5.41, 5.74) is 2.05. The number of nitrogens with two attached hydrogens (primary N) is 1. The first-order valence-corrected chi connectivity index (χ1v) is 5.12. The van der Waals surface area contributed by atoms with Crippen molar-refractivity contribution < 1.29 is 9.84 Å². The van der Waals surface area contributed by atoms with Gasteiger partial charge in [0.25, 0.3) is 0 Å². The highest BCUT2D eigenvalue weighted by molar-refractivity contribution is 5.35. The van der Waals surface area contributed by atoms with Gasteiger partial charge in [0.15, 0.2) is 0 Å². The third kappa shape index (κ3) is 4.00. The number of nitrogen functional groups attached to an aromatic ring is 1. The van der Waals surface area contributed by atoms with Gasteiger partial charge in [0, 0.05) is 18.6 Å². The molecule has 8 heteroatoms. The molecular weight excluding hydrogens is 224 g/mol. The maximum atomic E-state index is 9.12. The summed E-state index contributed by atoms with van der Waals surface area (Å²) in [5.74, 6) is 5.77. The van der Waals surface area contributed by atoms with Gasteiger partial charge in [-0.25, -0.2) is 5.84 Å². The van der Waals surface area contributed by atoms with Crippen LogP contribution in [0.4, 0.5) is 11.9 Å². The predicted octanol–water partition coefficient (Wildman–Crippen LogP) is -0.404. The minimum absolute atomic E-state index is 0.0597. The molecule has 0 aliphatic carbocycles. The summed E-state index contributed by atoms with van der Waals surface area (Å²) >= 11 is 0. The highest BCUT2D eigenvalue weighted by atomic mass is 16.5. The third-order valence-electron chi connectivity index (χ3n) is 2.08. The highest BCUT2D eigenvalue weighted by Crippen LogP contribution is 2.15. The van der Waals surface area contributed by atoms with E-state index in [1.54, 1.807) is 0 Å². The fourth-order valence-electron chi connectivity index (χ4n) is 0.966. The molecule has 0 atom stereocenters. The van der Waals surface area contributed by atoms with Crippen LogP contribution in [-0.2, 0) is 0 Å². The molecule has 0 fully saturated rings. The van der Waals surface area contributed by atoms with E-state index >= 15 is 0 Å². The summed E-state index contributed by atoms with van der Waals surface area (Å²) < 4.78 is 4.91. The van der Waals surface area contributed by atoms with Gasteiger partial charge in [-0.2, -0.15) is 15.0 Å². The van der Waals surface area contributed by atoms with Crippen LogP contribution in [0.25, 0.3) is 0 Å². The maximum absolute atomic E-state index is 9.12. The molecule has 0 aliphatic heterocycles. The van der Waals surface area contributed by atoms with E-state index in [2.05, 4.69) is 25.7 Å². The number of anilines is 2. The lowest BCUT2D eigenvalue weighted by Crippen LogP contribution is -2.27. The fourth-order valence-corrected chi connectivity index (χ4v) is 0.966. The molecule has 1 aromatic rings. The summed E-state index contributed by atoms with van der Waals surface area (Å²) in [7, 11) is 1.46. The predicted molar refractivity (Wildman–Crippen MR) is 63.5 cm³/mol. The van der Waals surface area contributed by atoms with Gasteiger partial charge in [0.2, 0.25) is 11.9 Å². The van der Waals surface area contributed by atoms with Crippen LogP contribution in [0.1, 0.15) is 13.8 Å². The molecule has 0 saturated heterocycles. The first-order chi connectivity index (χ1) is 8.00. The van der Waals surface area contributed by atoms with E-state index in [1.807, 2.05) is 13.8 Å². The van der Waals surface area contributed by atoms with Gasteiger partial charge >= 0.3 is 6.01 Å². The average Bonchev–Trinajstić information content (AvgIpc) is 2.36. The van der Waals surface area contributed by atoms with Crippen molar-refractivity contribution in [2.75, 3.05) is 31.0 Å². The molecule has 5 N–H and O–H groups in total. The zero-order chi connectivity index (χ0) is 12.9. The van der Waals surface area contributed by atoms with Crippen molar-refractivity contribution in [1.29, 1.82) is 0 Å². The minimum Gasteiger partial charge on any atom is -0.467 e. The Bertz CT molecular complexity index is 348. The second-order valence-electron chi connectivity index (χ2n) is 4.29. The summed E-state index contributed by atoms with van der Waals surface area (Å²) in [6.45, 7) is 4.41. The number of nitrogens with one attached hydrogen (secondary N) is 2. The van der Waals surface area contributed by atoms with E-state index in [0.29, 0.717) is 12.5 Å². The largest absolute Gasteiger partial charge is 0.467 e. The van der Waals surface area contributed by atoms with E-state index < -0.39 is 0 Å². The van der Waals surface area contributed by atoms with Gasteiger partial charge in [0.1, 0.15) is 0 Å². The van der Waals surface area contributed by atoms with Gasteiger partial charge < -0.3 is 15.2 Å². The van der Waals surface area contributed by atoms with Crippen LogP contribution in [0.2, 0.25) is 0 Å². The van der Waals surface area contributed by atoms with E-state index in [-0.39, 0.29) is 24.0 Å². The number of methoxy groups -OCH3 is 1. The summed E-state index contributed by atoms with van der Waals surface area (Å²) in [4.78, 5) is 11.9. The van der Waals surface area contributed by atoms with E-state index in [4.69, 9.17) is 15.7 Å². The Labute approximate surface area is 99.6 Å². The number of aliphatic hydroxyl groups excluding tert-OH is 1. The molecule has 0 amide bonds. The quantitative estimate of drug-likeness (QED) is 0.393. The van der Waals surface area contributed by atoms with Crippen LogP contribution in [-0.4, -0.2) is 40.3 Å². The highest BCUT2D eigenvalue weighted by Gasteiger charge is 2.17. The lowest BCUT2D eigenvalue weighted by molar-refractivity contribution is 0.170. The molecule has 1 heterocycles. The van der Waals surface area contributed by atoms with Crippen LogP contribution in [0, 0.1) is 5.41 Å². The summed E-state index contributed by atoms with van der Waals surface area (Å²) in [6, 6.07) is 0.164. The van der Waals surface area contributed by atoms with E-state index in [9.17, 15) is 0 Å². The zero-order valence-corrected chi connectivity index (χ0v) is 10.2. The number of nitrogens with zero attached hydrogens (tertiary/aromatic N) is 3. The Kier molecular flexibility index (Phi) is 4.41. The molecule has 0 bridgehead atoms. The molecule has 0 radical (unpaired) electrons. The van der Waals surface area contributed by atoms with Crippen molar-refractivity contribution in [1.82, 2.24) is 15.0 Å². The molecule has 8 nitrogen and oxygen atoms in total. The molecule has 0 aliphatic rings. The Balaban J connectivity index is 2.76. The van der Waals surface area contributed by atoms with Gasteiger partial charge in [0.05, 0.1) is 7.11 Å². The van der Waals surface area contributed by atoms with Crippen molar-refractivity contribution in [3.63, 3.8) is 0 Å². The van der Waals surface area contributed by atoms with Crippen molar-refractivity contribution in [2.45, 2.75) is 13.8 Å². The van der Waals surface area contributed by atoms with Crippen molar-refractivity contribution in [3.05, 3.63) is 0 Å². The van der Waals surface area contributed by atoms with E-state index in [1.165, 1.54) is 7.11 Å². The number of hydrogen-bond donors (Lipinski definition) is 4. The van der Waals surface area contributed by atoms with Crippen LogP contribution in [0.5, 0.6) is 6.01 Å². The molecule has 0 aromatic carbocycles. The molecule has 0 spiro atoms. The number of hydrazine groups is 1. The van der Waals surface area contributed by atoms with Crippen molar-refractivity contribution in [3.8, 4) is 6.01 Å². The van der Waals surface area contributed by atoms with Gasteiger partial charge in [-0.05, 0) is 0 Å². The van der Waals surface area contributed by atoms with Crippen LogP contribution >= 0.6 is 0 Å². The van der Waals surface area contributed by atoms with Gasteiger partial charge in [-0.1, -0.05) is 13.8 Å². The fraction of sp³-hybridized carbons (Fsp3) is 0.667. The second kappa shape index (κ2) is 5.60. The second-order valence-corrected chi connectivity index (χ2v) is 4.29. The minimum atomic E-state index is -0.268. The monoisotopic (exact) mass is 242 g/mol. The SMILES string of the molecule is COc1nc(NN)nc(NCC(C)(C)CO)n1. The molecular formula is C9H18N6O2. The third-order valence-corrected chi connectivity index (χ3v) is 2.08. The molecule has 0 unspecified atom stereocenters. The van der Waals surface area contributed by atoms with Gasteiger partial charge in [-0.3, -0.25) is 5.43 Å². The zero-order valence-electron chi connectivity index (χ0n) is 10.2. The number of aromatic nitrogens is 3. The molecule has 17 heavy (non-hydrogen) atoms. The molecule has 1 aromatic heterocycles. The van der Waals surface area contributed by atoms with Gasteiger partial charge in [-0.15, -0.1) is 0 Å². The first kappa shape index (κ1) is 13.4. The number of ether oxygens (including phenoxy) is 1. The lowest BCUT2D eigenvalue weighted by Gasteiger charge is -2.21. The number of hydrogen-bond acceptors (Lipinski definition) is 8. The Morgan fingerprint density at radius 2 is 1.94 bits per heavy atom. The standard InChI is InChI=1S/C9H18N6O2/c1-9(2,5-16)4-11-6-12-7(15-10)14-8(13-6)17-3/h16H,4-5,10H2,1-3H3,(H2,11,12,13,14,15). The maximum Gasteiger partial charge on any atom is 0.322 e. The number of rotatable bonds is 6. The Morgan fingerprint density at radius 3 is 2.47 bits per heavy atom. The topological polar surface area (TPSA) is 118 Å². The first-order valence-electron chi connectivity index (χ1n) is 5.12. The Hall–Kier alpha value is -1.67. The molecule has 1 rings (SSSR count). The normalized spacial score (nSPS) is 11.1. The summed E-state index contributed by atoms with van der Waals surface area (Å²) in [5, 5.41) is 12.1. The molecule has 96 valence electrons. The smallest absolute Gasteiger partial charge is 0.322 e. The summed E-state index contributed by atoms with van der Waals surface area (Å²) in [6.07, 6.45) is 0.